The maximum atomic E-state index is 15.1. The molecule has 3 aromatic rings. The number of amides is 9. The van der Waals surface area contributed by atoms with Crippen LogP contribution in [-0.4, -0.2) is 171 Å². The number of carbonyl (C=O) groups is 10. The number of anilines is 3. The van der Waals surface area contributed by atoms with Crippen molar-refractivity contribution < 1.29 is 96.5 Å². The van der Waals surface area contributed by atoms with Crippen LogP contribution >= 0.6 is 0 Å². The summed E-state index contributed by atoms with van der Waals surface area (Å²) in [6, 6.07) is 6.26. The number of unbranched alkanes of at least 4 members (excludes halogenated alkanes) is 2. The summed E-state index contributed by atoms with van der Waals surface area (Å²) >= 11 is 0. The average molecular weight is 1510 g/mol. The first-order chi connectivity index (χ1) is 51.6. The maximum Gasteiger partial charge on any atom is 0.407 e. The Bertz CT molecular complexity index is 4410. The van der Waals surface area contributed by atoms with E-state index in [1.807, 2.05) is 4.90 Å². The number of benzene rings is 4. The highest BCUT2D eigenvalue weighted by Crippen LogP contribution is 2.51. The van der Waals surface area contributed by atoms with Crippen molar-refractivity contribution in [1.82, 2.24) is 31.2 Å². The summed E-state index contributed by atoms with van der Waals surface area (Å²) in [7, 11) is 1.41. The number of alkyl carbamates (subject to hydrolysis) is 1. The minimum Gasteiger partial charge on any atom is -0.507 e. The number of piperidine rings is 1. The molecule has 0 aromatic heterocycles. The average Bonchev–Trinajstić information content (AvgIpc) is 1.65. The summed E-state index contributed by atoms with van der Waals surface area (Å²) in [6.45, 7) is 18.4. The molecule has 9 rings (SSSR count). The third-order valence-electron chi connectivity index (χ3n) is 20.8. The largest absolute Gasteiger partial charge is 0.507 e. The van der Waals surface area contributed by atoms with E-state index in [4.69, 9.17) is 38.8 Å². The smallest absolute Gasteiger partial charge is 0.407 e. The summed E-state index contributed by atoms with van der Waals surface area (Å²) in [5, 5.41) is 62.9. The normalized spacial score (nSPS) is 24.5. The minimum atomic E-state index is -2.17. The Labute approximate surface area is 630 Å². The topological polar surface area (TPSA) is 446 Å². The van der Waals surface area contributed by atoms with E-state index in [-0.39, 0.29) is 137 Å². The number of rotatable bonds is 22. The molecule has 3 aromatic carbocycles. The van der Waals surface area contributed by atoms with Gasteiger partial charge in [-0.15, -0.1) is 0 Å². The number of ether oxygens (including phenoxy) is 5. The second-order valence-electron chi connectivity index (χ2n) is 29.3. The quantitative estimate of drug-likeness (QED) is 0.0105. The molecule has 4 bridgehead atoms. The molecule has 0 spiro atoms. The van der Waals surface area contributed by atoms with E-state index in [9.17, 15) is 63.6 Å². The van der Waals surface area contributed by atoms with Crippen LogP contribution < -0.4 is 52.7 Å². The summed E-state index contributed by atoms with van der Waals surface area (Å²) in [5.74, 6) is -11.4. The lowest BCUT2D eigenvalue weighted by molar-refractivity contribution is -0.160. The second kappa shape index (κ2) is 35.6. The lowest BCUT2D eigenvalue weighted by Crippen LogP contribution is -2.54. The van der Waals surface area contributed by atoms with Crippen molar-refractivity contribution in [3.63, 3.8) is 0 Å². The van der Waals surface area contributed by atoms with Gasteiger partial charge in [-0.1, -0.05) is 85.2 Å². The number of nitrogens with zero attached hydrogens (tertiary/aromatic N) is 3. The zero-order valence-electron chi connectivity index (χ0n) is 63.4. The van der Waals surface area contributed by atoms with Crippen LogP contribution in [0.1, 0.15) is 149 Å². The standard InChI is InChI=1S/C78H100N10O21/c1-38(2)60(84-55(91)21-14-13-15-30-88-56(92)34-41(5)75(88)101)74(100)83-51(20-17-29-80-76(79)102)73(99)81-48-24-22-47(23-25-48)37-105-77(103)82-49-26-31-87(32-27-49)50-35-52(90)61-54(36-50)108-70-62(85-61)57-58-66(95)45(9)69-59(57)71(97)78(11,109-69)106-33-28-53(104-12)42(6)68(107-46(10)89)44(8)65(94)43(7)64(93)39(3)18-16-19-40(4)72(98)86-63(70)67(58)96/h16,18-19,22-25,28,33,35-36,38-39,41-44,49,51,53,60,64-65,68,90,93-95H,13-15,17,20-21,26-27,29-32,34,37H2,1-12H3,(H,81,99)(H,82,103)(H,83,100)(H,84,91)(H,86,98)(H3,79,80,102)/b18-16+,33-28+,40-19-/t39-,41?,42+,43+,44+,51-,53-,60-,64-,65+,68+,78-/m0/s1. The van der Waals surface area contributed by atoms with Gasteiger partial charge in [0.05, 0.1) is 35.5 Å². The fourth-order valence-corrected chi connectivity index (χ4v) is 14.3. The van der Waals surface area contributed by atoms with Gasteiger partial charge in [0, 0.05) is 136 Å². The van der Waals surface area contributed by atoms with Gasteiger partial charge in [0.15, 0.2) is 11.3 Å². The molecule has 31 nitrogen and oxygen atoms in total. The molecule has 0 saturated carbocycles. The zero-order chi connectivity index (χ0) is 79.6. The Hall–Kier alpha value is -10.7. The molecule has 109 heavy (non-hydrogen) atoms. The minimum absolute atomic E-state index is 0.0370. The van der Waals surface area contributed by atoms with Crippen LogP contribution in [0.15, 0.2) is 81.7 Å². The number of aliphatic hydroxyl groups excluding tert-OH is 2. The van der Waals surface area contributed by atoms with Gasteiger partial charge >= 0.3 is 23.9 Å². The maximum absolute atomic E-state index is 15.1. The van der Waals surface area contributed by atoms with E-state index < -0.39 is 130 Å². The van der Waals surface area contributed by atoms with Gasteiger partial charge in [-0.05, 0) is 82.1 Å². The number of phenols is 2. The number of hydrogen-bond acceptors (Lipinski definition) is 23. The lowest BCUT2D eigenvalue weighted by Gasteiger charge is -2.38. The van der Waals surface area contributed by atoms with Gasteiger partial charge in [0.2, 0.25) is 35.0 Å². The summed E-state index contributed by atoms with van der Waals surface area (Å²) in [4.78, 5) is 155. The summed E-state index contributed by atoms with van der Waals surface area (Å²) in [5.41, 5.74) is 4.55. The van der Waals surface area contributed by atoms with Gasteiger partial charge in [-0.2, -0.15) is 0 Å². The number of primary amides is 1. The molecule has 12 atom stereocenters. The predicted octanol–water partition coefficient (Wildman–Crippen LogP) is 7.52. The Morgan fingerprint density at radius 2 is 1.57 bits per heavy atom. The number of aromatic nitrogens is 1. The molecule has 1 unspecified atom stereocenters. The van der Waals surface area contributed by atoms with E-state index in [0.717, 1.165) is 0 Å². The number of phenolic OH excluding ortho intramolecular Hbond substituents is 2. The molecular formula is C78H100N10O21. The Morgan fingerprint density at radius 3 is 2.22 bits per heavy atom. The van der Waals surface area contributed by atoms with Crippen LogP contribution in [0.2, 0.25) is 0 Å². The number of aromatic hydroxyl groups is 2. The molecule has 6 aliphatic rings. The fourth-order valence-electron chi connectivity index (χ4n) is 14.3. The number of ketones is 1. The first-order valence-corrected chi connectivity index (χ1v) is 36.8. The van der Waals surface area contributed by atoms with Gasteiger partial charge in [0.25, 0.3) is 11.7 Å². The van der Waals surface area contributed by atoms with Gasteiger partial charge in [-0.25, -0.2) is 14.6 Å². The highest BCUT2D eigenvalue weighted by molar-refractivity contribution is 6.22. The van der Waals surface area contributed by atoms with Crippen LogP contribution in [0.5, 0.6) is 17.2 Å². The van der Waals surface area contributed by atoms with Crippen molar-refractivity contribution in [2.24, 2.45) is 41.2 Å². The molecular weight excluding hydrogens is 1410 g/mol. The number of likely N-dealkylation sites (tertiary alicyclic amines) is 1. The molecule has 1 aliphatic carbocycles. The number of nitrogens with two attached hydrogens (primary N) is 1. The first-order valence-electron chi connectivity index (χ1n) is 36.8. The Kier molecular flexibility index (Phi) is 26.9. The van der Waals surface area contributed by atoms with Crippen molar-refractivity contribution in [2.45, 2.75) is 189 Å². The van der Waals surface area contributed by atoms with Gasteiger partial charge in [0.1, 0.15) is 58.9 Å². The summed E-state index contributed by atoms with van der Waals surface area (Å²) < 4.78 is 36.2. The molecule has 31 heteroatoms. The predicted molar refractivity (Wildman–Crippen MR) is 401 cm³/mol. The zero-order valence-corrected chi connectivity index (χ0v) is 63.4. The number of hydrogen-bond donors (Lipinski definition) is 11. The van der Waals surface area contributed by atoms with Crippen molar-refractivity contribution >= 4 is 98.3 Å². The monoisotopic (exact) mass is 1510 g/mol. The van der Waals surface area contributed by atoms with Crippen LogP contribution in [0.3, 0.4) is 0 Å². The third-order valence-corrected chi connectivity index (χ3v) is 20.8. The fraction of sp³-hybridized carbons (Fsp3) is 0.513. The van der Waals surface area contributed by atoms with Gasteiger partial charge < -0.3 is 91.1 Å². The number of Topliss-reactive ketones (excluding diaryl/α,β-unsaturated/α-hetero) is 1. The number of fused-ring (bicyclic) bond motifs is 2. The van der Waals surface area contributed by atoms with Crippen LogP contribution in [0.4, 0.5) is 26.7 Å². The molecule has 5 heterocycles. The van der Waals surface area contributed by atoms with E-state index in [1.165, 1.54) is 70.3 Å². The number of urea groups is 1. The number of esters is 1. The van der Waals surface area contributed by atoms with Crippen molar-refractivity contribution in [3.05, 3.63) is 99.5 Å². The molecule has 9 amide bonds. The Balaban J connectivity index is 0.879. The van der Waals surface area contributed by atoms with Crippen LogP contribution in [-0.2, 0) is 59.1 Å². The van der Waals surface area contributed by atoms with Gasteiger partial charge in [-0.3, -0.25) is 48.1 Å². The highest BCUT2D eigenvalue weighted by atomic mass is 16.7. The number of imide groups is 1. The number of carbonyl (C=O) groups excluding carboxylic acids is 10. The third kappa shape index (κ3) is 19.1. The molecule has 12 N–H and O–H groups in total. The van der Waals surface area contributed by atoms with Crippen LogP contribution in [0.25, 0.3) is 33.3 Å². The lowest BCUT2D eigenvalue weighted by atomic mass is 9.78. The molecule has 5 aliphatic heterocycles. The van der Waals surface area contributed by atoms with Crippen molar-refractivity contribution in [3.8, 4) is 28.7 Å². The second-order valence-corrected chi connectivity index (χ2v) is 29.3. The van der Waals surface area contributed by atoms with E-state index >= 15 is 9.59 Å². The number of methoxy groups -OCH3 is 1. The molecule has 2 saturated heterocycles. The van der Waals surface area contributed by atoms with E-state index in [0.29, 0.717) is 62.1 Å². The molecule has 588 valence electrons. The van der Waals surface area contributed by atoms with E-state index in [1.54, 1.807) is 84.9 Å². The SMILES string of the molecule is CO[C@H]1/C=C/O[C@@]2(C)Oc3c(C)c(O)c4c(=O)c(c5oc6cc(N7CCC(NC(=O)OCc8ccc(NC(=O)[C@H](CCCNC(N)=O)NC(=O)[C@@H](NC(=O)CCCCCN9C(=O)CC(C)C9=O)C(C)C)cc8)CC7)cc(O)c6nc-5c4c3C2=O)NC(=O)/C(C)=C\C=C\[C@H](C)[C@H](O)[C@@H](C)[C@@H](O)[C@@H](C)[C@H](OC(C)=O)[C@@H]1C. The highest BCUT2D eigenvalue weighted by Gasteiger charge is 2.50. The molecule has 2 fully saturated rings. The molecule has 0 radical (unpaired) electrons. The summed E-state index contributed by atoms with van der Waals surface area (Å²) in [6.07, 6.45) is 5.34. The first kappa shape index (κ1) is 82.4. The van der Waals surface area contributed by atoms with E-state index in [2.05, 4.69) is 31.9 Å². The number of nitrogens with one attached hydrogen (secondary N) is 6. The van der Waals surface area contributed by atoms with Crippen LogP contribution in [0, 0.1) is 42.4 Å². The van der Waals surface area contributed by atoms with Crippen molar-refractivity contribution in [1.29, 1.82) is 0 Å². The Morgan fingerprint density at radius 1 is 0.862 bits per heavy atom. The number of allylic oxidation sites excluding steroid dienone is 2. The number of aliphatic hydroxyl groups is 2. The van der Waals surface area contributed by atoms with Crippen molar-refractivity contribution in [2.75, 3.05) is 48.8 Å².